The first-order valence-corrected chi connectivity index (χ1v) is 7.18. The Morgan fingerprint density at radius 3 is 2.53 bits per heavy atom. The van der Waals surface area contributed by atoms with Crippen molar-refractivity contribution in [3.8, 4) is 0 Å². The average molecular weight is 258 g/mol. The van der Waals surface area contributed by atoms with E-state index in [1.54, 1.807) is 6.08 Å². The van der Waals surface area contributed by atoms with Crippen molar-refractivity contribution < 1.29 is 9.53 Å². The Hall–Kier alpha value is -1.57. The largest absolute Gasteiger partial charge is 0.450 e. The van der Waals surface area contributed by atoms with Crippen LogP contribution in [0.15, 0.2) is 35.9 Å². The van der Waals surface area contributed by atoms with Crippen molar-refractivity contribution in [2.24, 2.45) is 0 Å². The number of hydrogen-bond donors (Lipinski definition) is 0. The van der Waals surface area contributed by atoms with E-state index in [0.29, 0.717) is 0 Å². The van der Waals surface area contributed by atoms with Gasteiger partial charge < -0.3 is 4.74 Å². The molecule has 2 nitrogen and oxygen atoms in total. The molecule has 0 bridgehead atoms. The Morgan fingerprint density at radius 2 is 1.84 bits per heavy atom. The lowest BCUT2D eigenvalue weighted by atomic mass is 9.97. The molecule has 0 N–H and O–H groups in total. The van der Waals surface area contributed by atoms with Crippen LogP contribution >= 0.6 is 0 Å². The van der Waals surface area contributed by atoms with Crippen molar-refractivity contribution in [2.75, 3.05) is 0 Å². The van der Waals surface area contributed by atoms with Gasteiger partial charge in [0.05, 0.1) is 0 Å². The van der Waals surface area contributed by atoms with Gasteiger partial charge >= 0.3 is 5.97 Å². The van der Waals surface area contributed by atoms with Gasteiger partial charge in [0.2, 0.25) is 0 Å². The van der Waals surface area contributed by atoms with Crippen molar-refractivity contribution in [1.82, 2.24) is 0 Å². The molecule has 0 amide bonds. The normalized spacial score (nSPS) is 18.3. The zero-order valence-corrected chi connectivity index (χ0v) is 11.8. The van der Waals surface area contributed by atoms with E-state index in [-0.39, 0.29) is 12.1 Å². The first kappa shape index (κ1) is 13.9. The number of esters is 1. The maximum Gasteiger partial charge on any atom is 0.331 e. The van der Waals surface area contributed by atoms with Gasteiger partial charge in [0, 0.05) is 6.08 Å². The van der Waals surface area contributed by atoms with Crippen LogP contribution in [0.1, 0.15) is 56.3 Å². The van der Waals surface area contributed by atoms with Gasteiger partial charge in [-0.3, -0.25) is 0 Å². The summed E-state index contributed by atoms with van der Waals surface area (Å²) < 4.78 is 5.43. The molecule has 2 heteroatoms. The van der Waals surface area contributed by atoms with E-state index >= 15 is 0 Å². The molecular formula is C17H22O2. The molecule has 1 aliphatic rings. The maximum atomic E-state index is 11.5. The minimum atomic E-state index is -0.198. The number of ether oxygens (including phenoxy) is 1. The third-order valence-corrected chi connectivity index (χ3v) is 3.57. The van der Waals surface area contributed by atoms with Gasteiger partial charge in [0.1, 0.15) is 6.10 Å². The smallest absolute Gasteiger partial charge is 0.331 e. The molecule has 1 heterocycles. The van der Waals surface area contributed by atoms with Crippen LogP contribution in [0.3, 0.4) is 0 Å². The standard InChI is InChI=1S/C17H22O2/c1-3-4-5-6-7-15-12-16(18)19-17(15)14-10-8-13(2)9-11-14/h8-12,17H,3-7H2,1-2H3. The number of carbonyl (C=O) groups is 1. The number of cyclic esters (lactones) is 1. The van der Waals surface area contributed by atoms with Crippen LogP contribution in [-0.2, 0) is 9.53 Å². The van der Waals surface area contributed by atoms with Crippen molar-refractivity contribution in [2.45, 2.75) is 52.1 Å². The molecule has 0 aliphatic carbocycles. The Bertz CT molecular complexity index is 457. The summed E-state index contributed by atoms with van der Waals surface area (Å²) in [5.41, 5.74) is 3.43. The molecule has 0 aromatic heterocycles. The highest BCUT2D eigenvalue weighted by Gasteiger charge is 2.26. The quantitative estimate of drug-likeness (QED) is 0.555. The third kappa shape index (κ3) is 3.69. The Morgan fingerprint density at radius 1 is 1.11 bits per heavy atom. The molecule has 19 heavy (non-hydrogen) atoms. The zero-order valence-electron chi connectivity index (χ0n) is 11.8. The molecule has 1 unspecified atom stereocenters. The summed E-state index contributed by atoms with van der Waals surface area (Å²) in [6, 6.07) is 8.24. The second-order valence-corrected chi connectivity index (χ2v) is 5.26. The first-order valence-electron chi connectivity index (χ1n) is 7.18. The Balaban J connectivity index is 2.01. The molecule has 2 rings (SSSR count). The van der Waals surface area contributed by atoms with Gasteiger partial charge in [-0.25, -0.2) is 4.79 Å². The minimum absolute atomic E-state index is 0.158. The van der Waals surface area contributed by atoms with Gasteiger partial charge in [0.25, 0.3) is 0 Å². The highest BCUT2D eigenvalue weighted by molar-refractivity contribution is 5.86. The Labute approximate surface area is 115 Å². The number of benzene rings is 1. The summed E-state index contributed by atoms with van der Waals surface area (Å²) in [6.07, 6.45) is 7.34. The van der Waals surface area contributed by atoms with Crippen molar-refractivity contribution in [3.63, 3.8) is 0 Å². The summed E-state index contributed by atoms with van der Waals surface area (Å²) in [7, 11) is 0. The number of aryl methyl sites for hydroxylation is 1. The van der Waals surface area contributed by atoms with E-state index in [0.717, 1.165) is 24.0 Å². The molecule has 0 spiro atoms. The third-order valence-electron chi connectivity index (χ3n) is 3.57. The zero-order chi connectivity index (χ0) is 13.7. The lowest BCUT2D eigenvalue weighted by Gasteiger charge is -2.15. The van der Waals surface area contributed by atoms with Crippen molar-refractivity contribution in [3.05, 3.63) is 47.0 Å². The van der Waals surface area contributed by atoms with Crippen LogP contribution in [0.4, 0.5) is 0 Å². The monoisotopic (exact) mass is 258 g/mol. The topological polar surface area (TPSA) is 26.3 Å². The molecule has 0 saturated carbocycles. The molecule has 1 aliphatic heterocycles. The fourth-order valence-electron chi connectivity index (χ4n) is 2.44. The van der Waals surface area contributed by atoms with Gasteiger partial charge in [-0.1, -0.05) is 56.0 Å². The van der Waals surface area contributed by atoms with E-state index in [1.165, 1.54) is 24.8 Å². The molecule has 1 atom stereocenters. The lowest BCUT2D eigenvalue weighted by molar-refractivity contribution is -0.139. The number of unbranched alkanes of at least 4 members (excludes halogenated alkanes) is 3. The highest BCUT2D eigenvalue weighted by Crippen LogP contribution is 2.34. The number of rotatable bonds is 6. The van der Waals surface area contributed by atoms with E-state index < -0.39 is 0 Å². The highest BCUT2D eigenvalue weighted by atomic mass is 16.5. The van der Waals surface area contributed by atoms with Crippen LogP contribution in [0.25, 0.3) is 0 Å². The summed E-state index contributed by atoms with van der Waals surface area (Å²) >= 11 is 0. The van der Waals surface area contributed by atoms with Crippen LogP contribution < -0.4 is 0 Å². The van der Waals surface area contributed by atoms with E-state index in [9.17, 15) is 4.79 Å². The van der Waals surface area contributed by atoms with Crippen molar-refractivity contribution >= 4 is 5.97 Å². The second kappa shape index (κ2) is 6.55. The van der Waals surface area contributed by atoms with E-state index in [4.69, 9.17) is 4.74 Å². The van der Waals surface area contributed by atoms with Gasteiger partial charge in [0.15, 0.2) is 0 Å². The number of hydrogen-bond acceptors (Lipinski definition) is 2. The molecule has 0 radical (unpaired) electrons. The fourth-order valence-corrected chi connectivity index (χ4v) is 2.44. The number of carbonyl (C=O) groups excluding carboxylic acids is 1. The van der Waals surface area contributed by atoms with Gasteiger partial charge in [-0.05, 0) is 30.9 Å². The molecule has 1 aromatic rings. The van der Waals surface area contributed by atoms with Crippen LogP contribution in [0, 0.1) is 6.92 Å². The van der Waals surface area contributed by atoms with Gasteiger partial charge in [-0.2, -0.15) is 0 Å². The van der Waals surface area contributed by atoms with Crippen LogP contribution in [0.2, 0.25) is 0 Å². The molecule has 0 saturated heterocycles. The van der Waals surface area contributed by atoms with Crippen LogP contribution in [-0.4, -0.2) is 5.97 Å². The fraction of sp³-hybridized carbons (Fsp3) is 0.471. The summed E-state index contributed by atoms with van der Waals surface area (Å²) in [5, 5.41) is 0. The van der Waals surface area contributed by atoms with Crippen LogP contribution in [0.5, 0.6) is 0 Å². The van der Waals surface area contributed by atoms with Crippen molar-refractivity contribution in [1.29, 1.82) is 0 Å². The van der Waals surface area contributed by atoms with Gasteiger partial charge in [-0.15, -0.1) is 0 Å². The minimum Gasteiger partial charge on any atom is -0.450 e. The first-order chi connectivity index (χ1) is 9.20. The lowest BCUT2D eigenvalue weighted by Crippen LogP contribution is -2.03. The molecule has 0 fully saturated rings. The molecule has 102 valence electrons. The second-order valence-electron chi connectivity index (χ2n) is 5.26. The maximum absolute atomic E-state index is 11.5. The average Bonchev–Trinajstić information content (AvgIpc) is 2.77. The molecule has 1 aromatic carbocycles. The Kier molecular flexibility index (Phi) is 4.78. The summed E-state index contributed by atoms with van der Waals surface area (Å²) in [6.45, 7) is 4.27. The van der Waals surface area contributed by atoms with E-state index in [2.05, 4.69) is 38.1 Å². The summed E-state index contributed by atoms with van der Waals surface area (Å²) in [4.78, 5) is 11.5. The molecular weight excluding hydrogens is 236 g/mol. The predicted molar refractivity (Wildman–Crippen MR) is 76.9 cm³/mol. The SMILES string of the molecule is CCCCCCC1=CC(=O)OC1c1ccc(C)cc1. The van der Waals surface area contributed by atoms with E-state index in [1.807, 2.05) is 0 Å². The summed E-state index contributed by atoms with van der Waals surface area (Å²) in [5.74, 6) is -0.198. The predicted octanol–water partition coefficient (Wildman–Crippen LogP) is 4.49.